The number of piperidine rings is 1. The van der Waals surface area contributed by atoms with E-state index in [1.165, 1.54) is 13.2 Å². The molecule has 114 valence electrons. The number of nitrogens with zero attached hydrogens (tertiary/aromatic N) is 2. The number of hydrogen-bond acceptors (Lipinski definition) is 5. The first-order valence-corrected chi connectivity index (χ1v) is 6.75. The minimum Gasteiger partial charge on any atom is -0.490 e. The van der Waals surface area contributed by atoms with Gasteiger partial charge in [0.2, 0.25) is 5.91 Å². The van der Waals surface area contributed by atoms with E-state index in [0.717, 1.165) is 25.1 Å². The van der Waals surface area contributed by atoms with Gasteiger partial charge < -0.3 is 15.4 Å². The fourth-order valence-electron chi connectivity index (χ4n) is 2.67. The Kier molecular flexibility index (Phi) is 4.02. The van der Waals surface area contributed by atoms with Crippen molar-refractivity contribution in [1.82, 2.24) is 0 Å². The maximum atomic E-state index is 11.6. The third kappa shape index (κ3) is 2.91. The van der Waals surface area contributed by atoms with E-state index in [-0.39, 0.29) is 17.3 Å². The van der Waals surface area contributed by atoms with Gasteiger partial charge in [0.25, 0.3) is 0 Å². The van der Waals surface area contributed by atoms with Crippen molar-refractivity contribution in [2.75, 3.05) is 25.1 Å². The first-order chi connectivity index (χ1) is 9.87. The standard InChI is InChI=1S/C14H19N3O4/c1-14(13(15)18)6-3-7-16(9-14)10-4-5-11(17(19)20)12(8-10)21-2/h4-5,8H,3,6-7,9H2,1-2H3,(H2,15,18)/t14-/m0/s1. The van der Waals surface area contributed by atoms with Crippen LogP contribution in [0.15, 0.2) is 18.2 Å². The number of benzene rings is 1. The lowest BCUT2D eigenvalue weighted by atomic mass is 9.81. The quantitative estimate of drug-likeness (QED) is 0.673. The van der Waals surface area contributed by atoms with Crippen LogP contribution in [-0.4, -0.2) is 31.0 Å². The molecule has 1 aliphatic heterocycles. The number of amides is 1. The molecule has 21 heavy (non-hydrogen) atoms. The molecule has 1 aliphatic rings. The van der Waals surface area contributed by atoms with E-state index in [4.69, 9.17) is 10.5 Å². The monoisotopic (exact) mass is 293 g/mol. The number of hydrogen-bond donors (Lipinski definition) is 1. The van der Waals surface area contributed by atoms with Gasteiger partial charge in [-0.2, -0.15) is 0 Å². The number of nitro groups is 1. The minimum atomic E-state index is -0.576. The van der Waals surface area contributed by atoms with E-state index in [9.17, 15) is 14.9 Å². The van der Waals surface area contributed by atoms with E-state index in [0.29, 0.717) is 6.54 Å². The summed E-state index contributed by atoms with van der Waals surface area (Å²) in [5.74, 6) is -0.107. The average molecular weight is 293 g/mol. The number of methoxy groups -OCH3 is 1. The number of anilines is 1. The van der Waals surface area contributed by atoms with Crippen LogP contribution in [0.4, 0.5) is 11.4 Å². The van der Waals surface area contributed by atoms with Crippen molar-refractivity contribution in [3.63, 3.8) is 0 Å². The Morgan fingerprint density at radius 2 is 2.24 bits per heavy atom. The molecule has 1 saturated heterocycles. The van der Waals surface area contributed by atoms with Gasteiger partial charge >= 0.3 is 5.69 Å². The Morgan fingerprint density at radius 3 is 2.81 bits per heavy atom. The molecular formula is C14H19N3O4. The second-order valence-electron chi connectivity index (χ2n) is 5.56. The van der Waals surface area contributed by atoms with Crippen molar-refractivity contribution in [3.05, 3.63) is 28.3 Å². The van der Waals surface area contributed by atoms with Crippen molar-refractivity contribution in [1.29, 1.82) is 0 Å². The molecule has 0 bridgehead atoms. The Hall–Kier alpha value is -2.31. The highest BCUT2D eigenvalue weighted by molar-refractivity contribution is 5.81. The molecule has 0 saturated carbocycles. The van der Waals surface area contributed by atoms with Crippen LogP contribution < -0.4 is 15.4 Å². The summed E-state index contributed by atoms with van der Waals surface area (Å²) in [6.07, 6.45) is 1.60. The van der Waals surface area contributed by atoms with Crippen LogP contribution in [0.1, 0.15) is 19.8 Å². The van der Waals surface area contributed by atoms with Crippen molar-refractivity contribution >= 4 is 17.3 Å². The SMILES string of the molecule is COc1cc(N2CCC[C@](C)(C(N)=O)C2)ccc1[N+](=O)[O-]. The van der Waals surface area contributed by atoms with E-state index in [1.54, 1.807) is 12.1 Å². The van der Waals surface area contributed by atoms with Crippen molar-refractivity contribution in [3.8, 4) is 5.75 Å². The van der Waals surface area contributed by atoms with Crippen LogP contribution in [-0.2, 0) is 4.79 Å². The van der Waals surface area contributed by atoms with Crippen LogP contribution in [0, 0.1) is 15.5 Å². The maximum Gasteiger partial charge on any atom is 0.311 e. The predicted molar refractivity (Wildman–Crippen MR) is 78.4 cm³/mol. The fourth-order valence-corrected chi connectivity index (χ4v) is 2.67. The smallest absolute Gasteiger partial charge is 0.311 e. The molecule has 7 heteroatoms. The number of ether oxygens (including phenoxy) is 1. The van der Waals surface area contributed by atoms with Gasteiger partial charge in [0.15, 0.2) is 5.75 Å². The highest BCUT2D eigenvalue weighted by Gasteiger charge is 2.36. The summed E-state index contributed by atoms with van der Waals surface area (Å²) in [4.78, 5) is 24.0. The molecule has 0 aliphatic carbocycles. The van der Waals surface area contributed by atoms with E-state index >= 15 is 0 Å². The summed E-state index contributed by atoms with van der Waals surface area (Å²) in [5, 5.41) is 10.9. The number of carbonyl (C=O) groups is 1. The lowest BCUT2D eigenvalue weighted by Crippen LogP contribution is -2.48. The summed E-state index contributed by atoms with van der Waals surface area (Å²) >= 11 is 0. The number of nitrogens with two attached hydrogens (primary N) is 1. The molecule has 2 rings (SSSR count). The third-order valence-corrected chi connectivity index (χ3v) is 4.02. The molecule has 1 atom stereocenters. The predicted octanol–water partition coefficient (Wildman–Crippen LogP) is 1.70. The number of carbonyl (C=O) groups excluding carboxylic acids is 1. The average Bonchev–Trinajstić information content (AvgIpc) is 2.46. The van der Waals surface area contributed by atoms with E-state index < -0.39 is 10.3 Å². The van der Waals surface area contributed by atoms with E-state index in [1.807, 2.05) is 11.8 Å². The molecule has 0 spiro atoms. The summed E-state index contributed by atoms with van der Waals surface area (Å²) in [6.45, 7) is 3.14. The summed E-state index contributed by atoms with van der Waals surface area (Å²) in [7, 11) is 1.40. The van der Waals surface area contributed by atoms with Crippen molar-refractivity contribution in [2.24, 2.45) is 11.1 Å². The Bertz CT molecular complexity index is 575. The lowest BCUT2D eigenvalue weighted by molar-refractivity contribution is -0.385. The molecular weight excluding hydrogens is 274 g/mol. The first-order valence-electron chi connectivity index (χ1n) is 6.75. The molecule has 1 fully saturated rings. The van der Waals surface area contributed by atoms with Crippen LogP contribution in [0.3, 0.4) is 0 Å². The van der Waals surface area contributed by atoms with Gasteiger partial charge in [0, 0.05) is 30.9 Å². The highest BCUT2D eigenvalue weighted by atomic mass is 16.6. The minimum absolute atomic E-state index is 0.0732. The van der Waals surface area contributed by atoms with Crippen molar-refractivity contribution < 1.29 is 14.5 Å². The lowest BCUT2D eigenvalue weighted by Gasteiger charge is -2.39. The van der Waals surface area contributed by atoms with Gasteiger partial charge in [-0.05, 0) is 25.8 Å². The van der Waals surface area contributed by atoms with Gasteiger partial charge in [0.05, 0.1) is 17.4 Å². The van der Waals surface area contributed by atoms with Crippen LogP contribution in [0.25, 0.3) is 0 Å². The third-order valence-electron chi connectivity index (χ3n) is 4.02. The second-order valence-corrected chi connectivity index (χ2v) is 5.56. The van der Waals surface area contributed by atoms with E-state index in [2.05, 4.69) is 0 Å². The summed E-state index contributed by atoms with van der Waals surface area (Å²) < 4.78 is 5.08. The number of primary amides is 1. The van der Waals surface area contributed by atoms with Crippen LogP contribution in [0.2, 0.25) is 0 Å². The molecule has 0 aromatic heterocycles. The topological polar surface area (TPSA) is 98.7 Å². The fraction of sp³-hybridized carbons (Fsp3) is 0.500. The molecule has 0 radical (unpaired) electrons. The molecule has 1 aromatic rings. The van der Waals surface area contributed by atoms with Gasteiger partial charge in [-0.3, -0.25) is 14.9 Å². The Morgan fingerprint density at radius 1 is 1.52 bits per heavy atom. The first kappa shape index (κ1) is 15.1. The zero-order valence-electron chi connectivity index (χ0n) is 12.2. The largest absolute Gasteiger partial charge is 0.490 e. The molecule has 7 nitrogen and oxygen atoms in total. The van der Waals surface area contributed by atoms with Crippen LogP contribution in [0.5, 0.6) is 5.75 Å². The van der Waals surface area contributed by atoms with Gasteiger partial charge in [-0.15, -0.1) is 0 Å². The van der Waals surface area contributed by atoms with Gasteiger partial charge in [-0.25, -0.2) is 0 Å². The Labute approximate surface area is 122 Å². The molecule has 2 N–H and O–H groups in total. The maximum absolute atomic E-state index is 11.6. The molecule has 1 amide bonds. The zero-order valence-corrected chi connectivity index (χ0v) is 12.2. The molecule has 1 aromatic carbocycles. The van der Waals surface area contributed by atoms with Gasteiger partial charge in [-0.1, -0.05) is 0 Å². The Balaban J connectivity index is 2.30. The second kappa shape index (κ2) is 5.59. The number of rotatable bonds is 4. The van der Waals surface area contributed by atoms with Gasteiger partial charge in [0.1, 0.15) is 0 Å². The highest BCUT2D eigenvalue weighted by Crippen LogP contribution is 2.36. The molecule has 1 heterocycles. The molecule has 0 unspecified atom stereocenters. The zero-order chi connectivity index (χ0) is 15.6. The number of nitro benzene ring substituents is 1. The summed E-state index contributed by atoms with van der Waals surface area (Å²) in [5.41, 5.74) is 5.63. The summed E-state index contributed by atoms with van der Waals surface area (Å²) in [6, 6.07) is 4.72. The normalized spacial score (nSPS) is 21.9. The van der Waals surface area contributed by atoms with Crippen LogP contribution >= 0.6 is 0 Å². The van der Waals surface area contributed by atoms with Crippen molar-refractivity contribution in [2.45, 2.75) is 19.8 Å².